The molecule has 1 aliphatic rings. The lowest BCUT2D eigenvalue weighted by molar-refractivity contribution is -0.136. The molecule has 144 valence electrons. The Hall–Kier alpha value is -1.79. The lowest BCUT2D eigenvalue weighted by atomic mass is 9.97. The first-order chi connectivity index (χ1) is 12.4. The highest BCUT2D eigenvalue weighted by Crippen LogP contribution is 2.16. The van der Waals surface area contributed by atoms with Crippen LogP contribution in [-0.4, -0.2) is 60.5 Å². The number of rotatable bonds is 6. The van der Waals surface area contributed by atoms with Crippen LogP contribution >= 0.6 is 11.6 Å². The van der Waals surface area contributed by atoms with Gasteiger partial charge < -0.3 is 20.4 Å². The maximum Gasteiger partial charge on any atom is 0.319 e. The summed E-state index contributed by atoms with van der Waals surface area (Å²) >= 11 is 5.95. The third kappa shape index (κ3) is 5.61. The van der Waals surface area contributed by atoms with Gasteiger partial charge >= 0.3 is 6.03 Å². The normalized spacial score (nSPS) is 17.5. The van der Waals surface area contributed by atoms with E-state index in [2.05, 4.69) is 22.5 Å². The molecule has 0 radical (unpaired) electrons. The average Bonchev–Trinajstić information content (AvgIpc) is 2.65. The number of urea groups is 1. The van der Waals surface area contributed by atoms with Gasteiger partial charge in [-0.15, -0.1) is 0 Å². The summed E-state index contributed by atoms with van der Waals surface area (Å²) < 4.78 is 0. The van der Waals surface area contributed by atoms with E-state index in [9.17, 15) is 9.59 Å². The van der Waals surface area contributed by atoms with Gasteiger partial charge in [-0.05, 0) is 30.7 Å². The Morgan fingerprint density at radius 1 is 1.19 bits per heavy atom. The minimum absolute atomic E-state index is 0.00338. The van der Waals surface area contributed by atoms with Crippen molar-refractivity contribution in [3.8, 4) is 0 Å². The first kappa shape index (κ1) is 20.5. The Morgan fingerprint density at radius 3 is 2.46 bits per heavy atom. The van der Waals surface area contributed by atoms with Crippen molar-refractivity contribution in [3.05, 3.63) is 29.3 Å². The highest BCUT2D eigenvalue weighted by atomic mass is 35.5. The molecule has 0 saturated carbocycles. The monoisotopic (exact) mass is 380 g/mol. The van der Waals surface area contributed by atoms with Crippen LogP contribution in [0.15, 0.2) is 24.3 Å². The van der Waals surface area contributed by atoms with Crippen LogP contribution < -0.4 is 10.6 Å². The first-order valence-electron chi connectivity index (χ1n) is 9.28. The number of carbonyl (C=O) groups is 2. The zero-order valence-electron chi connectivity index (χ0n) is 15.8. The van der Waals surface area contributed by atoms with Crippen molar-refractivity contribution < 1.29 is 9.59 Å². The van der Waals surface area contributed by atoms with Gasteiger partial charge in [-0.25, -0.2) is 4.79 Å². The standard InChI is InChI=1S/C19H29ClN4O2/c1-4-14(3)17(18(25)24-11-9-23(5-2)10-12-24)22-19(26)21-16-8-6-7-15(20)13-16/h6-8,13-14,17H,4-5,9-12H2,1-3H3,(H2,21,22,26). The molecule has 0 spiro atoms. The van der Waals surface area contributed by atoms with E-state index in [4.69, 9.17) is 11.6 Å². The van der Waals surface area contributed by atoms with Crippen molar-refractivity contribution in [3.63, 3.8) is 0 Å². The van der Waals surface area contributed by atoms with E-state index in [1.54, 1.807) is 24.3 Å². The predicted octanol–water partition coefficient (Wildman–Crippen LogP) is 3.04. The van der Waals surface area contributed by atoms with Gasteiger partial charge in [-0.3, -0.25) is 4.79 Å². The summed E-state index contributed by atoms with van der Waals surface area (Å²) in [6.07, 6.45) is 0.808. The molecule has 6 nitrogen and oxygen atoms in total. The first-order valence-corrected chi connectivity index (χ1v) is 9.66. The Balaban J connectivity index is 2.00. The van der Waals surface area contributed by atoms with Crippen molar-refractivity contribution in [2.24, 2.45) is 5.92 Å². The highest BCUT2D eigenvalue weighted by molar-refractivity contribution is 6.30. The Morgan fingerprint density at radius 2 is 1.88 bits per heavy atom. The molecule has 3 amide bonds. The number of likely N-dealkylation sites (N-methyl/N-ethyl adjacent to an activating group) is 1. The van der Waals surface area contributed by atoms with Gasteiger partial charge in [0, 0.05) is 36.9 Å². The van der Waals surface area contributed by atoms with Crippen LogP contribution in [-0.2, 0) is 4.79 Å². The average molecular weight is 381 g/mol. The van der Waals surface area contributed by atoms with Crippen LogP contribution in [0.1, 0.15) is 27.2 Å². The molecule has 7 heteroatoms. The molecule has 1 fully saturated rings. The predicted molar refractivity (Wildman–Crippen MR) is 106 cm³/mol. The number of halogens is 1. The second-order valence-electron chi connectivity index (χ2n) is 6.73. The molecule has 0 aliphatic carbocycles. The third-order valence-corrected chi connectivity index (χ3v) is 5.21. The van der Waals surface area contributed by atoms with E-state index in [0.717, 1.165) is 26.1 Å². The lowest BCUT2D eigenvalue weighted by Gasteiger charge is -2.37. The quantitative estimate of drug-likeness (QED) is 0.797. The largest absolute Gasteiger partial charge is 0.338 e. The maximum atomic E-state index is 13.0. The maximum absolute atomic E-state index is 13.0. The van der Waals surface area contributed by atoms with E-state index in [0.29, 0.717) is 23.8 Å². The third-order valence-electron chi connectivity index (χ3n) is 4.98. The van der Waals surface area contributed by atoms with E-state index in [1.165, 1.54) is 0 Å². The van der Waals surface area contributed by atoms with Gasteiger partial charge in [0.05, 0.1) is 0 Å². The van der Waals surface area contributed by atoms with Crippen molar-refractivity contribution in [2.45, 2.75) is 33.2 Å². The fourth-order valence-electron chi connectivity index (χ4n) is 3.04. The molecule has 1 aromatic carbocycles. The molecular weight excluding hydrogens is 352 g/mol. The fraction of sp³-hybridized carbons (Fsp3) is 0.579. The molecule has 2 unspecified atom stereocenters. The number of amides is 3. The number of carbonyl (C=O) groups excluding carboxylic acids is 2. The van der Waals surface area contributed by atoms with Crippen LogP contribution in [0.5, 0.6) is 0 Å². The second kappa shape index (κ2) is 9.78. The number of piperazine rings is 1. The van der Waals surface area contributed by atoms with E-state index in [-0.39, 0.29) is 11.8 Å². The minimum atomic E-state index is -0.535. The lowest BCUT2D eigenvalue weighted by Crippen LogP contribution is -2.57. The molecule has 1 saturated heterocycles. The van der Waals surface area contributed by atoms with Crippen LogP contribution in [0.2, 0.25) is 5.02 Å². The molecule has 26 heavy (non-hydrogen) atoms. The van der Waals surface area contributed by atoms with Crippen LogP contribution in [0.25, 0.3) is 0 Å². The van der Waals surface area contributed by atoms with Crippen molar-refractivity contribution in [1.82, 2.24) is 15.1 Å². The number of hydrogen-bond acceptors (Lipinski definition) is 3. The summed E-state index contributed by atoms with van der Waals surface area (Å²) in [7, 11) is 0. The number of benzene rings is 1. The van der Waals surface area contributed by atoms with Gasteiger partial charge in [-0.1, -0.05) is 44.9 Å². The van der Waals surface area contributed by atoms with Crippen LogP contribution in [0.4, 0.5) is 10.5 Å². The van der Waals surface area contributed by atoms with Crippen LogP contribution in [0.3, 0.4) is 0 Å². The molecular formula is C19H29ClN4O2. The zero-order valence-corrected chi connectivity index (χ0v) is 16.6. The summed E-state index contributed by atoms with van der Waals surface area (Å²) in [6.45, 7) is 10.3. The zero-order chi connectivity index (χ0) is 19.1. The summed E-state index contributed by atoms with van der Waals surface area (Å²) in [6, 6.07) is 6.01. The van der Waals surface area contributed by atoms with Crippen molar-refractivity contribution >= 4 is 29.2 Å². The summed E-state index contributed by atoms with van der Waals surface area (Å²) in [5.41, 5.74) is 0.599. The second-order valence-corrected chi connectivity index (χ2v) is 7.17. The SMILES string of the molecule is CCC(C)C(NC(=O)Nc1cccc(Cl)c1)C(=O)N1CCN(CC)CC1. The minimum Gasteiger partial charge on any atom is -0.338 e. The van der Waals surface area contributed by atoms with Gasteiger partial charge in [0.1, 0.15) is 6.04 Å². The molecule has 2 N–H and O–H groups in total. The smallest absolute Gasteiger partial charge is 0.319 e. The van der Waals surface area contributed by atoms with Gasteiger partial charge in [0.15, 0.2) is 0 Å². The summed E-state index contributed by atoms with van der Waals surface area (Å²) in [4.78, 5) is 29.6. The number of anilines is 1. The van der Waals surface area contributed by atoms with E-state index < -0.39 is 12.1 Å². The van der Waals surface area contributed by atoms with E-state index in [1.807, 2.05) is 18.7 Å². The summed E-state index contributed by atoms with van der Waals surface area (Å²) in [5, 5.41) is 6.16. The van der Waals surface area contributed by atoms with Crippen LogP contribution in [0, 0.1) is 5.92 Å². The van der Waals surface area contributed by atoms with Gasteiger partial charge in [0.2, 0.25) is 5.91 Å². The molecule has 1 aliphatic heterocycles. The molecule has 0 aromatic heterocycles. The van der Waals surface area contributed by atoms with E-state index >= 15 is 0 Å². The molecule has 0 bridgehead atoms. The Bertz CT molecular complexity index is 617. The van der Waals surface area contributed by atoms with Crippen molar-refractivity contribution in [2.75, 3.05) is 38.0 Å². The summed E-state index contributed by atoms with van der Waals surface area (Å²) in [5.74, 6) is 0.0492. The van der Waals surface area contributed by atoms with Gasteiger partial charge in [-0.2, -0.15) is 0 Å². The van der Waals surface area contributed by atoms with Gasteiger partial charge in [0.25, 0.3) is 0 Å². The number of nitrogens with one attached hydrogen (secondary N) is 2. The number of hydrogen-bond donors (Lipinski definition) is 2. The number of nitrogens with zero attached hydrogens (tertiary/aromatic N) is 2. The highest BCUT2D eigenvalue weighted by Gasteiger charge is 2.31. The molecule has 1 aromatic rings. The topological polar surface area (TPSA) is 64.7 Å². The Labute approximate surface area is 160 Å². The molecule has 1 heterocycles. The Kier molecular flexibility index (Phi) is 7.72. The molecule has 2 rings (SSSR count). The van der Waals surface area contributed by atoms with Crippen molar-refractivity contribution in [1.29, 1.82) is 0 Å². The fourth-order valence-corrected chi connectivity index (χ4v) is 3.23. The molecule has 2 atom stereocenters.